The van der Waals surface area contributed by atoms with Crippen LogP contribution in [0.5, 0.6) is 11.5 Å². The van der Waals surface area contributed by atoms with E-state index >= 15 is 0 Å². The fourth-order valence-electron chi connectivity index (χ4n) is 3.70. The van der Waals surface area contributed by atoms with Gasteiger partial charge in [0.2, 0.25) is 0 Å². The molecule has 0 aliphatic carbocycles. The number of unbranched alkanes of at least 4 members (excludes halogenated alkanes) is 2. The lowest BCUT2D eigenvalue weighted by molar-refractivity contribution is 0.251. The quantitative estimate of drug-likeness (QED) is 0.184. The highest BCUT2D eigenvalue weighted by atomic mass is 16.5. The second kappa shape index (κ2) is 13.1. The van der Waals surface area contributed by atoms with E-state index in [1.54, 1.807) is 36.4 Å². The molecule has 0 fully saturated rings. The first-order valence-electron chi connectivity index (χ1n) is 12.9. The maximum Gasteiger partial charge on any atom is 0.347 e. The maximum atomic E-state index is 13.1. The summed E-state index contributed by atoms with van der Waals surface area (Å²) in [5.41, 5.74) is 1.77. The number of anilines is 3. The van der Waals surface area contributed by atoms with Crippen LogP contribution in [0.2, 0.25) is 0 Å². The van der Waals surface area contributed by atoms with Gasteiger partial charge in [0.25, 0.3) is 0 Å². The summed E-state index contributed by atoms with van der Waals surface area (Å²) in [6.45, 7) is 5.53. The molecule has 4 aromatic rings. The van der Waals surface area contributed by atoms with Gasteiger partial charge in [0.05, 0.1) is 18.7 Å². The van der Waals surface area contributed by atoms with Gasteiger partial charge < -0.3 is 20.1 Å². The van der Waals surface area contributed by atoms with Crippen molar-refractivity contribution in [1.29, 1.82) is 0 Å². The number of rotatable bonds is 11. The van der Waals surface area contributed by atoms with Crippen molar-refractivity contribution in [3.63, 3.8) is 0 Å². The number of nitrogens with zero attached hydrogens (tertiary/aromatic N) is 2. The molecule has 0 aliphatic rings. The summed E-state index contributed by atoms with van der Waals surface area (Å²) in [4.78, 5) is 25.8. The molecule has 198 valence electrons. The van der Waals surface area contributed by atoms with Crippen molar-refractivity contribution < 1.29 is 19.1 Å². The molecule has 0 bridgehead atoms. The first-order chi connectivity index (χ1) is 18.6. The van der Waals surface area contributed by atoms with E-state index in [9.17, 15) is 9.59 Å². The van der Waals surface area contributed by atoms with Crippen molar-refractivity contribution in [3.05, 3.63) is 72.8 Å². The van der Waals surface area contributed by atoms with Crippen molar-refractivity contribution in [3.8, 4) is 11.5 Å². The number of aromatic nitrogens is 2. The van der Waals surface area contributed by atoms with Crippen LogP contribution in [0.25, 0.3) is 10.9 Å². The van der Waals surface area contributed by atoms with Crippen LogP contribution in [0, 0.1) is 0 Å². The number of carbonyl (C=O) groups is 2. The zero-order valence-corrected chi connectivity index (χ0v) is 21.7. The number of benzene rings is 3. The molecular weight excluding hydrogens is 482 g/mol. The molecule has 9 nitrogen and oxygen atoms in total. The van der Waals surface area contributed by atoms with Gasteiger partial charge in [-0.3, -0.25) is 5.32 Å². The van der Waals surface area contributed by atoms with E-state index in [0.29, 0.717) is 35.5 Å². The Bertz CT molecular complexity index is 1350. The molecule has 0 atom stereocenters. The molecule has 1 heterocycles. The lowest BCUT2D eigenvalue weighted by atomic mass is 10.2. The third-order valence-electron chi connectivity index (χ3n) is 5.76. The van der Waals surface area contributed by atoms with Gasteiger partial charge in [-0.05, 0) is 73.5 Å². The Morgan fingerprint density at radius 2 is 1.29 bits per heavy atom. The molecule has 1 aromatic heterocycles. The maximum absolute atomic E-state index is 13.1. The average molecular weight is 516 g/mol. The van der Waals surface area contributed by atoms with Crippen LogP contribution < -0.4 is 25.4 Å². The Labute approximate surface area is 222 Å². The van der Waals surface area contributed by atoms with E-state index in [4.69, 9.17) is 9.47 Å². The molecule has 0 spiro atoms. The van der Waals surface area contributed by atoms with E-state index in [0.717, 1.165) is 37.2 Å². The van der Waals surface area contributed by atoms with E-state index < -0.39 is 12.1 Å². The highest BCUT2D eigenvalue weighted by Gasteiger charge is 2.17. The minimum atomic E-state index is -0.473. The molecule has 3 amide bonds. The number of nitrogens with one attached hydrogen (secondary N) is 3. The molecule has 0 aliphatic heterocycles. The van der Waals surface area contributed by atoms with Crippen LogP contribution in [-0.2, 0) is 0 Å². The van der Waals surface area contributed by atoms with E-state index in [-0.39, 0.29) is 5.82 Å². The predicted molar refractivity (Wildman–Crippen MR) is 150 cm³/mol. The van der Waals surface area contributed by atoms with Gasteiger partial charge in [0.15, 0.2) is 5.82 Å². The van der Waals surface area contributed by atoms with Gasteiger partial charge in [-0.2, -0.15) is 4.68 Å². The summed E-state index contributed by atoms with van der Waals surface area (Å²) in [5, 5.41) is 13.4. The standard InChI is InChI=1S/C29H33N5O4/c1-3-5-19-37-23-15-11-21(12-16-23)30-28(35)32-27-25-9-7-8-10-26(25)34(33-27)29(36)31-22-13-17-24(18-14-22)38-20-6-4-2/h7-18H,3-6,19-20H2,1-2H3,(H,31,36)(H2,30,32,33,35). The van der Waals surface area contributed by atoms with Crippen LogP contribution in [0.15, 0.2) is 72.8 Å². The van der Waals surface area contributed by atoms with Crippen LogP contribution in [-0.4, -0.2) is 35.1 Å². The molecule has 38 heavy (non-hydrogen) atoms. The number of amides is 3. The van der Waals surface area contributed by atoms with Gasteiger partial charge in [-0.15, -0.1) is 5.10 Å². The minimum absolute atomic E-state index is 0.271. The largest absolute Gasteiger partial charge is 0.494 e. The van der Waals surface area contributed by atoms with Crippen LogP contribution in [0.4, 0.5) is 26.8 Å². The average Bonchev–Trinajstić information content (AvgIpc) is 3.29. The zero-order chi connectivity index (χ0) is 26.7. The van der Waals surface area contributed by atoms with Crippen LogP contribution >= 0.6 is 0 Å². The number of fused-ring (bicyclic) bond motifs is 1. The lowest BCUT2D eigenvalue weighted by Gasteiger charge is -2.09. The van der Waals surface area contributed by atoms with Crippen molar-refractivity contribution in [2.24, 2.45) is 0 Å². The van der Waals surface area contributed by atoms with Crippen LogP contribution in [0.3, 0.4) is 0 Å². The number of ether oxygens (including phenoxy) is 2. The monoisotopic (exact) mass is 515 g/mol. The number of hydrogen-bond donors (Lipinski definition) is 3. The van der Waals surface area contributed by atoms with Crippen molar-refractivity contribution >= 4 is 40.2 Å². The Balaban J connectivity index is 1.41. The molecule has 0 radical (unpaired) electrons. The highest BCUT2D eigenvalue weighted by Crippen LogP contribution is 2.24. The van der Waals surface area contributed by atoms with Crippen molar-refractivity contribution in [2.45, 2.75) is 39.5 Å². The van der Waals surface area contributed by atoms with E-state index in [2.05, 4.69) is 34.9 Å². The second-order valence-corrected chi connectivity index (χ2v) is 8.74. The van der Waals surface area contributed by atoms with Gasteiger partial charge >= 0.3 is 12.1 Å². The zero-order valence-electron chi connectivity index (χ0n) is 21.7. The summed E-state index contributed by atoms with van der Waals surface area (Å²) in [6, 6.07) is 20.6. The summed E-state index contributed by atoms with van der Waals surface area (Å²) >= 11 is 0. The SMILES string of the molecule is CCCCOc1ccc(NC(=O)Nc2nn(C(=O)Nc3ccc(OCCCC)cc3)c3ccccc23)cc1. The van der Waals surface area contributed by atoms with Gasteiger partial charge in [-0.1, -0.05) is 38.8 Å². The Morgan fingerprint density at radius 3 is 1.87 bits per heavy atom. The second-order valence-electron chi connectivity index (χ2n) is 8.74. The third-order valence-corrected chi connectivity index (χ3v) is 5.76. The summed E-state index contributed by atoms with van der Waals surface area (Å²) < 4.78 is 12.6. The first kappa shape index (κ1) is 26.5. The minimum Gasteiger partial charge on any atom is -0.494 e. The summed E-state index contributed by atoms with van der Waals surface area (Å²) in [6.07, 6.45) is 4.10. The third kappa shape index (κ3) is 7.03. The summed E-state index contributed by atoms with van der Waals surface area (Å²) in [7, 11) is 0. The molecule has 0 saturated heterocycles. The lowest BCUT2D eigenvalue weighted by Crippen LogP contribution is -2.22. The molecule has 9 heteroatoms. The Kier molecular flexibility index (Phi) is 9.17. The molecular formula is C29H33N5O4. The molecule has 3 N–H and O–H groups in total. The first-order valence-corrected chi connectivity index (χ1v) is 12.9. The molecule has 0 saturated carbocycles. The van der Waals surface area contributed by atoms with Gasteiger partial charge in [0, 0.05) is 16.8 Å². The fraction of sp³-hybridized carbons (Fsp3) is 0.276. The smallest absolute Gasteiger partial charge is 0.347 e. The normalized spacial score (nSPS) is 10.7. The number of carbonyl (C=O) groups excluding carboxylic acids is 2. The molecule has 0 unspecified atom stereocenters. The van der Waals surface area contributed by atoms with Gasteiger partial charge in [0.1, 0.15) is 11.5 Å². The number of para-hydroxylation sites is 1. The van der Waals surface area contributed by atoms with Crippen molar-refractivity contribution in [1.82, 2.24) is 9.78 Å². The molecule has 4 rings (SSSR count). The number of urea groups is 1. The fourth-order valence-corrected chi connectivity index (χ4v) is 3.70. The predicted octanol–water partition coefficient (Wildman–Crippen LogP) is 7.12. The summed E-state index contributed by atoms with van der Waals surface area (Å²) in [5.74, 6) is 1.77. The Morgan fingerprint density at radius 1 is 0.737 bits per heavy atom. The van der Waals surface area contributed by atoms with Gasteiger partial charge in [-0.25, -0.2) is 9.59 Å². The van der Waals surface area contributed by atoms with Crippen LogP contribution in [0.1, 0.15) is 39.5 Å². The number of hydrogen-bond acceptors (Lipinski definition) is 5. The Hall–Kier alpha value is -4.53. The van der Waals surface area contributed by atoms with E-state index in [1.165, 1.54) is 4.68 Å². The topological polar surface area (TPSA) is 107 Å². The molecule has 3 aromatic carbocycles. The highest BCUT2D eigenvalue weighted by molar-refractivity contribution is 6.07. The van der Waals surface area contributed by atoms with Crippen molar-refractivity contribution in [2.75, 3.05) is 29.2 Å². The van der Waals surface area contributed by atoms with E-state index in [1.807, 2.05) is 36.4 Å².